The first-order valence-corrected chi connectivity index (χ1v) is 6.15. The van der Waals surface area contributed by atoms with Crippen LogP contribution in [0.15, 0.2) is 42.5 Å². The highest BCUT2D eigenvalue weighted by Crippen LogP contribution is 2.31. The van der Waals surface area contributed by atoms with E-state index in [-0.39, 0.29) is 11.6 Å². The molecule has 0 fully saturated rings. The molecule has 0 amide bonds. The van der Waals surface area contributed by atoms with Crippen LogP contribution in [0.25, 0.3) is 22.4 Å². The number of aromatic hydroxyl groups is 1. The molecule has 0 saturated heterocycles. The number of phenols is 1. The van der Waals surface area contributed by atoms with E-state index in [1.54, 1.807) is 0 Å². The van der Waals surface area contributed by atoms with E-state index < -0.39 is 0 Å². The van der Waals surface area contributed by atoms with Gasteiger partial charge in [0, 0.05) is 6.54 Å². The van der Waals surface area contributed by atoms with Crippen molar-refractivity contribution in [3.63, 3.8) is 0 Å². The normalized spacial score (nSPS) is 11.1. The van der Waals surface area contributed by atoms with Gasteiger partial charge in [0.25, 0.3) is 0 Å². The number of imidazole rings is 1. The molecule has 0 bridgehead atoms. The van der Waals surface area contributed by atoms with Gasteiger partial charge in [-0.3, -0.25) is 0 Å². The van der Waals surface area contributed by atoms with E-state index in [0.717, 1.165) is 11.0 Å². The van der Waals surface area contributed by atoms with Crippen LogP contribution in [0.2, 0.25) is 0 Å². The van der Waals surface area contributed by atoms with E-state index in [4.69, 9.17) is 0 Å². The molecule has 1 aromatic heterocycles. The Morgan fingerprint density at radius 2 is 2.00 bits per heavy atom. The molecule has 0 aliphatic heterocycles. The van der Waals surface area contributed by atoms with E-state index in [0.29, 0.717) is 17.9 Å². The van der Waals surface area contributed by atoms with Crippen molar-refractivity contribution in [2.45, 2.75) is 13.5 Å². The number of rotatable bonds is 2. The van der Waals surface area contributed by atoms with Gasteiger partial charge in [0.2, 0.25) is 0 Å². The van der Waals surface area contributed by atoms with Gasteiger partial charge >= 0.3 is 0 Å². The summed E-state index contributed by atoms with van der Waals surface area (Å²) >= 11 is 0. The summed E-state index contributed by atoms with van der Waals surface area (Å²) in [5.74, 6) is 0.231. The van der Waals surface area contributed by atoms with Crippen molar-refractivity contribution in [2.75, 3.05) is 0 Å². The number of fused-ring (bicyclic) bond motifs is 1. The molecule has 19 heavy (non-hydrogen) atoms. The fourth-order valence-electron chi connectivity index (χ4n) is 2.29. The highest BCUT2D eigenvalue weighted by molar-refractivity contribution is 5.81. The van der Waals surface area contributed by atoms with Crippen molar-refractivity contribution in [1.29, 1.82) is 0 Å². The van der Waals surface area contributed by atoms with Gasteiger partial charge in [-0.25, -0.2) is 9.37 Å². The second kappa shape index (κ2) is 4.39. The van der Waals surface area contributed by atoms with Crippen molar-refractivity contribution in [1.82, 2.24) is 9.55 Å². The summed E-state index contributed by atoms with van der Waals surface area (Å²) in [7, 11) is 0. The Balaban J connectivity index is 2.33. The fourth-order valence-corrected chi connectivity index (χ4v) is 2.29. The maximum absolute atomic E-state index is 13.4. The highest BCUT2D eigenvalue weighted by Gasteiger charge is 2.14. The second-order valence-electron chi connectivity index (χ2n) is 4.33. The zero-order valence-electron chi connectivity index (χ0n) is 10.5. The first-order chi connectivity index (χ1) is 9.20. The van der Waals surface area contributed by atoms with Crippen molar-refractivity contribution in [3.8, 4) is 17.1 Å². The Bertz CT molecular complexity index is 749. The SMILES string of the molecule is CCn1c(-c2cc(F)ccc2O)nc2ccccc21. The van der Waals surface area contributed by atoms with Crippen LogP contribution in [0.4, 0.5) is 4.39 Å². The van der Waals surface area contributed by atoms with Gasteiger partial charge in [0.05, 0.1) is 16.6 Å². The summed E-state index contributed by atoms with van der Waals surface area (Å²) < 4.78 is 15.3. The summed E-state index contributed by atoms with van der Waals surface area (Å²) in [5, 5.41) is 9.91. The average Bonchev–Trinajstić information content (AvgIpc) is 2.79. The molecular formula is C15H13FN2O. The predicted molar refractivity (Wildman–Crippen MR) is 72.5 cm³/mol. The Labute approximate surface area is 109 Å². The quantitative estimate of drug-likeness (QED) is 0.761. The highest BCUT2D eigenvalue weighted by atomic mass is 19.1. The largest absolute Gasteiger partial charge is 0.507 e. The molecule has 3 aromatic rings. The molecule has 0 aliphatic carbocycles. The lowest BCUT2D eigenvalue weighted by atomic mass is 10.2. The number of aromatic nitrogens is 2. The van der Waals surface area contributed by atoms with Crippen molar-refractivity contribution >= 4 is 11.0 Å². The van der Waals surface area contributed by atoms with Crippen molar-refractivity contribution in [3.05, 3.63) is 48.3 Å². The Morgan fingerprint density at radius 1 is 1.21 bits per heavy atom. The summed E-state index contributed by atoms with van der Waals surface area (Å²) in [5.41, 5.74) is 2.23. The van der Waals surface area contributed by atoms with Gasteiger partial charge in [-0.05, 0) is 37.3 Å². The lowest BCUT2D eigenvalue weighted by molar-refractivity contribution is 0.474. The monoisotopic (exact) mass is 256 g/mol. The lowest BCUT2D eigenvalue weighted by Crippen LogP contribution is -1.98. The van der Waals surface area contributed by atoms with Crippen LogP contribution < -0.4 is 0 Å². The lowest BCUT2D eigenvalue weighted by Gasteiger charge is -2.07. The number of nitrogens with zero attached hydrogens (tertiary/aromatic N) is 2. The smallest absolute Gasteiger partial charge is 0.144 e. The molecule has 0 radical (unpaired) electrons. The molecule has 0 spiro atoms. The standard InChI is InChI=1S/C15H13FN2O/c1-2-18-13-6-4-3-5-12(13)17-15(18)11-9-10(16)7-8-14(11)19/h3-9,19H,2H2,1H3. The zero-order chi connectivity index (χ0) is 13.4. The maximum atomic E-state index is 13.4. The third-order valence-electron chi connectivity index (χ3n) is 3.17. The zero-order valence-corrected chi connectivity index (χ0v) is 10.5. The number of hydrogen-bond acceptors (Lipinski definition) is 2. The van der Waals surface area contributed by atoms with E-state index in [1.165, 1.54) is 18.2 Å². The molecule has 3 nitrogen and oxygen atoms in total. The number of para-hydroxylation sites is 2. The second-order valence-corrected chi connectivity index (χ2v) is 4.33. The number of hydrogen-bond donors (Lipinski definition) is 1. The minimum atomic E-state index is -0.387. The van der Waals surface area contributed by atoms with E-state index in [9.17, 15) is 9.50 Å². The topological polar surface area (TPSA) is 38.0 Å². The van der Waals surface area contributed by atoms with Crippen molar-refractivity contribution in [2.24, 2.45) is 0 Å². The van der Waals surface area contributed by atoms with Crippen LogP contribution in [0, 0.1) is 5.82 Å². The van der Waals surface area contributed by atoms with E-state index in [2.05, 4.69) is 4.98 Å². The molecule has 3 rings (SSSR count). The molecular weight excluding hydrogens is 243 g/mol. The molecule has 1 heterocycles. The Hall–Kier alpha value is -2.36. The van der Waals surface area contributed by atoms with Crippen LogP contribution >= 0.6 is 0 Å². The average molecular weight is 256 g/mol. The fraction of sp³-hybridized carbons (Fsp3) is 0.133. The summed E-state index contributed by atoms with van der Waals surface area (Å²) in [6, 6.07) is 11.6. The molecule has 2 aromatic carbocycles. The van der Waals surface area contributed by atoms with E-state index >= 15 is 0 Å². The summed E-state index contributed by atoms with van der Waals surface area (Å²) in [4.78, 5) is 4.49. The molecule has 4 heteroatoms. The van der Waals surface area contributed by atoms with Gasteiger partial charge in [-0.1, -0.05) is 12.1 Å². The predicted octanol–water partition coefficient (Wildman–Crippen LogP) is 3.57. The van der Waals surface area contributed by atoms with Gasteiger partial charge in [-0.15, -0.1) is 0 Å². The number of phenolic OH excluding ortho intramolecular Hbond substituents is 1. The van der Waals surface area contributed by atoms with Crippen LogP contribution in [0.5, 0.6) is 5.75 Å². The van der Waals surface area contributed by atoms with Crippen molar-refractivity contribution < 1.29 is 9.50 Å². The number of aryl methyl sites for hydroxylation is 1. The molecule has 1 N–H and O–H groups in total. The first-order valence-electron chi connectivity index (χ1n) is 6.15. The molecule has 0 saturated carbocycles. The Kier molecular flexibility index (Phi) is 2.71. The minimum Gasteiger partial charge on any atom is -0.507 e. The van der Waals surface area contributed by atoms with Gasteiger partial charge in [0.1, 0.15) is 17.4 Å². The summed E-state index contributed by atoms with van der Waals surface area (Å²) in [6.07, 6.45) is 0. The third kappa shape index (κ3) is 1.85. The molecule has 96 valence electrons. The van der Waals surface area contributed by atoms with Crippen LogP contribution in [-0.4, -0.2) is 14.7 Å². The molecule has 0 atom stereocenters. The van der Waals surface area contributed by atoms with Crippen LogP contribution in [0.3, 0.4) is 0 Å². The Morgan fingerprint density at radius 3 is 2.79 bits per heavy atom. The number of halogens is 1. The maximum Gasteiger partial charge on any atom is 0.144 e. The van der Waals surface area contributed by atoms with Crippen LogP contribution in [-0.2, 0) is 6.54 Å². The number of benzene rings is 2. The summed E-state index contributed by atoms with van der Waals surface area (Å²) in [6.45, 7) is 2.69. The third-order valence-corrected chi connectivity index (χ3v) is 3.17. The van der Waals surface area contributed by atoms with Gasteiger partial charge < -0.3 is 9.67 Å². The minimum absolute atomic E-state index is 0.0337. The van der Waals surface area contributed by atoms with Crippen LogP contribution in [0.1, 0.15) is 6.92 Å². The van der Waals surface area contributed by atoms with Gasteiger partial charge in [-0.2, -0.15) is 0 Å². The van der Waals surface area contributed by atoms with Gasteiger partial charge in [0.15, 0.2) is 0 Å². The molecule has 0 aliphatic rings. The van der Waals surface area contributed by atoms with E-state index in [1.807, 2.05) is 35.8 Å². The molecule has 0 unspecified atom stereocenters. The first kappa shape index (κ1) is 11.7.